The molecule has 3 rings (SSSR count). The van der Waals surface area contributed by atoms with Gasteiger partial charge in [0.25, 0.3) is 5.91 Å². The quantitative estimate of drug-likeness (QED) is 0.787. The van der Waals surface area contributed by atoms with E-state index in [0.29, 0.717) is 6.54 Å². The van der Waals surface area contributed by atoms with E-state index >= 15 is 0 Å². The number of hydrogen-bond acceptors (Lipinski definition) is 3. The molecule has 0 fully saturated rings. The molecule has 4 nitrogen and oxygen atoms in total. The summed E-state index contributed by atoms with van der Waals surface area (Å²) >= 11 is 1.52. The van der Waals surface area contributed by atoms with Crippen LogP contribution in [0.1, 0.15) is 15.9 Å². The van der Waals surface area contributed by atoms with Gasteiger partial charge in [-0.2, -0.15) is 16.4 Å². The average Bonchev–Trinajstić information content (AvgIpc) is 3.20. The molecule has 0 bridgehead atoms. The van der Waals surface area contributed by atoms with Crippen molar-refractivity contribution in [2.24, 2.45) is 0 Å². The fourth-order valence-electron chi connectivity index (χ4n) is 2.03. The second-order valence-electron chi connectivity index (χ2n) is 4.65. The highest BCUT2D eigenvalue weighted by Gasteiger charge is 2.05. The first-order valence-corrected chi connectivity index (χ1v) is 7.66. The van der Waals surface area contributed by atoms with Gasteiger partial charge in [-0.15, -0.1) is 0 Å². The third-order valence-electron chi connectivity index (χ3n) is 3.14. The zero-order valence-corrected chi connectivity index (χ0v) is 12.2. The molecule has 0 radical (unpaired) electrons. The number of thiophene rings is 1. The Balaban J connectivity index is 1.55. The maximum Gasteiger partial charge on any atom is 0.252 e. The van der Waals surface area contributed by atoms with Crippen molar-refractivity contribution >= 4 is 17.2 Å². The lowest BCUT2D eigenvalue weighted by Crippen LogP contribution is -2.25. The maximum absolute atomic E-state index is 11.8. The van der Waals surface area contributed by atoms with E-state index in [-0.39, 0.29) is 5.91 Å². The Morgan fingerprint density at radius 1 is 1.24 bits per heavy atom. The number of nitrogens with zero attached hydrogens (tertiary/aromatic N) is 2. The molecule has 0 aliphatic carbocycles. The molecule has 5 heteroatoms. The number of para-hydroxylation sites is 1. The molecule has 0 spiro atoms. The number of aromatic nitrogens is 2. The molecule has 0 saturated carbocycles. The van der Waals surface area contributed by atoms with Gasteiger partial charge < -0.3 is 5.32 Å². The first kappa shape index (κ1) is 13.6. The summed E-state index contributed by atoms with van der Waals surface area (Å²) in [5.74, 6) is -0.0216. The molecule has 1 amide bonds. The van der Waals surface area contributed by atoms with Crippen molar-refractivity contribution in [1.82, 2.24) is 15.1 Å². The Labute approximate surface area is 127 Å². The minimum atomic E-state index is -0.0216. The second kappa shape index (κ2) is 6.37. The van der Waals surface area contributed by atoms with Gasteiger partial charge in [0.05, 0.1) is 11.9 Å². The van der Waals surface area contributed by atoms with Crippen molar-refractivity contribution in [3.63, 3.8) is 0 Å². The second-order valence-corrected chi connectivity index (χ2v) is 5.43. The lowest BCUT2D eigenvalue weighted by molar-refractivity contribution is 0.0954. The number of amides is 1. The van der Waals surface area contributed by atoms with Crippen molar-refractivity contribution in [2.45, 2.75) is 6.42 Å². The lowest BCUT2D eigenvalue weighted by Gasteiger charge is -2.02. The van der Waals surface area contributed by atoms with Crippen LogP contribution in [-0.4, -0.2) is 22.2 Å². The van der Waals surface area contributed by atoms with Crippen LogP contribution in [0.2, 0.25) is 0 Å². The third kappa shape index (κ3) is 3.38. The molecule has 0 atom stereocenters. The lowest BCUT2D eigenvalue weighted by atomic mass is 10.2. The molecule has 0 aliphatic heterocycles. The Bertz CT molecular complexity index is 704. The molecule has 21 heavy (non-hydrogen) atoms. The molecule has 1 aromatic carbocycles. The summed E-state index contributed by atoms with van der Waals surface area (Å²) in [5, 5.41) is 11.0. The zero-order chi connectivity index (χ0) is 14.5. The van der Waals surface area contributed by atoms with Crippen LogP contribution in [0.3, 0.4) is 0 Å². The molecule has 3 aromatic rings. The van der Waals surface area contributed by atoms with Crippen LogP contribution in [-0.2, 0) is 6.42 Å². The van der Waals surface area contributed by atoms with E-state index in [1.807, 2.05) is 64.2 Å². The van der Waals surface area contributed by atoms with E-state index in [0.717, 1.165) is 23.2 Å². The fourth-order valence-corrected chi connectivity index (χ4v) is 2.66. The molecule has 2 heterocycles. The van der Waals surface area contributed by atoms with Crippen molar-refractivity contribution < 1.29 is 4.79 Å². The van der Waals surface area contributed by atoms with Crippen LogP contribution in [0.4, 0.5) is 0 Å². The van der Waals surface area contributed by atoms with E-state index in [1.165, 1.54) is 11.3 Å². The smallest absolute Gasteiger partial charge is 0.252 e. The summed E-state index contributed by atoms with van der Waals surface area (Å²) in [5.41, 5.74) is 2.86. The van der Waals surface area contributed by atoms with Crippen LogP contribution in [0, 0.1) is 0 Å². The van der Waals surface area contributed by atoms with Gasteiger partial charge in [-0.25, -0.2) is 4.68 Å². The van der Waals surface area contributed by atoms with Gasteiger partial charge in [-0.05, 0) is 35.6 Å². The minimum Gasteiger partial charge on any atom is -0.352 e. The number of benzene rings is 1. The number of hydrogen-bond donors (Lipinski definition) is 1. The van der Waals surface area contributed by atoms with Gasteiger partial charge in [0.15, 0.2) is 0 Å². The standard InChI is InChI=1S/C16H15N3OS/c20-16(14-7-9-21-12-14)17-8-6-13-10-18-19(11-13)15-4-2-1-3-5-15/h1-5,7,9-12H,6,8H2,(H,17,20). The highest BCUT2D eigenvalue weighted by Crippen LogP contribution is 2.08. The Morgan fingerprint density at radius 2 is 2.10 bits per heavy atom. The predicted octanol–water partition coefficient (Wildman–Crippen LogP) is 2.91. The van der Waals surface area contributed by atoms with E-state index < -0.39 is 0 Å². The summed E-state index contributed by atoms with van der Waals surface area (Å²) in [6, 6.07) is 11.8. The Morgan fingerprint density at radius 3 is 2.86 bits per heavy atom. The van der Waals surface area contributed by atoms with E-state index in [1.54, 1.807) is 0 Å². The van der Waals surface area contributed by atoms with Crippen molar-refractivity contribution in [3.05, 3.63) is 70.7 Å². The van der Waals surface area contributed by atoms with Crippen LogP contribution < -0.4 is 5.32 Å². The van der Waals surface area contributed by atoms with Crippen molar-refractivity contribution in [3.8, 4) is 5.69 Å². The summed E-state index contributed by atoms with van der Waals surface area (Å²) in [6.45, 7) is 0.606. The molecule has 106 valence electrons. The minimum absolute atomic E-state index is 0.0216. The number of carbonyl (C=O) groups is 1. The number of rotatable bonds is 5. The Kier molecular flexibility index (Phi) is 4.12. The highest BCUT2D eigenvalue weighted by molar-refractivity contribution is 7.08. The molecule has 0 unspecified atom stereocenters. The molecule has 2 aromatic heterocycles. The maximum atomic E-state index is 11.8. The van der Waals surface area contributed by atoms with E-state index in [2.05, 4.69) is 10.4 Å². The molecule has 1 N–H and O–H groups in total. The number of carbonyl (C=O) groups excluding carboxylic acids is 1. The predicted molar refractivity (Wildman–Crippen MR) is 83.9 cm³/mol. The zero-order valence-electron chi connectivity index (χ0n) is 11.4. The normalized spacial score (nSPS) is 10.5. The molecule has 0 aliphatic rings. The van der Waals surface area contributed by atoms with Crippen LogP contribution >= 0.6 is 11.3 Å². The topological polar surface area (TPSA) is 46.9 Å². The largest absolute Gasteiger partial charge is 0.352 e. The van der Waals surface area contributed by atoms with Gasteiger partial charge in [0.2, 0.25) is 0 Å². The van der Waals surface area contributed by atoms with Gasteiger partial charge in [0.1, 0.15) is 0 Å². The first-order valence-electron chi connectivity index (χ1n) is 6.72. The summed E-state index contributed by atoms with van der Waals surface area (Å²) in [6.07, 6.45) is 4.60. The monoisotopic (exact) mass is 297 g/mol. The molecular formula is C16H15N3OS. The molecule has 0 saturated heterocycles. The van der Waals surface area contributed by atoms with E-state index in [4.69, 9.17) is 0 Å². The highest BCUT2D eigenvalue weighted by atomic mass is 32.1. The number of nitrogens with one attached hydrogen (secondary N) is 1. The Hall–Kier alpha value is -2.40. The van der Waals surface area contributed by atoms with Gasteiger partial charge >= 0.3 is 0 Å². The SMILES string of the molecule is O=C(NCCc1cnn(-c2ccccc2)c1)c1ccsc1. The van der Waals surface area contributed by atoms with Crippen LogP contribution in [0.15, 0.2) is 59.6 Å². The average molecular weight is 297 g/mol. The third-order valence-corrected chi connectivity index (χ3v) is 3.82. The van der Waals surface area contributed by atoms with Crippen molar-refractivity contribution in [1.29, 1.82) is 0 Å². The van der Waals surface area contributed by atoms with Crippen molar-refractivity contribution in [2.75, 3.05) is 6.54 Å². The van der Waals surface area contributed by atoms with E-state index in [9.17, 15) is 4.79 Å². The first-order chi connectivity index (χ1) is 10.3. The summed E-state index contributed by atoms with van der Waals surface area (Å²) < 4.78 is 1.84. The van der Waals surface area contributed by atoms with Gasteiger partial charge in [-0.3, -0.25) is 4.79 Å². The molecular weight excluding hydrogens is 282 g/mol. The fraction of sp³-hybridized carbons (Fsp3) is 0.125. The van der Waals surface area contributed by atoms with Crippen LogP contribution in [0.5, 0.6) is 0 Å². The van der Waals surface area contributed by atoms with Crippen LogP contribution in [0.25, 0.3) is 5.69 Å². The van der Waals surface area contributed by atoms with Gasteiger partial charge in [0, 0.05) is 23.7 Å². The summed E-state index contributed by atoms with van der Waals surface area (Å²) in [7, 11) is 0. The van der Waals surface area contributed by atoms with Gasteiger partial charge in [-0.1, -0.05) is 18.2 Å². The summed E-state index contributed by atoms with van der Waals surface area (Å²) in [4.78, 5) is 11.8.